The smallest absolute Gasteiger partial charge is 0.322 e. The summed E-state index contributed by atoms with van der Waals surface area (Å²) in [7, 11) is 0. The first-order valence-electron chi connectivity index (χ1n) is 5.26. The zero-order valence-corrected chi connectivity index (χ0v) is 8.61. The Hall–Kier alpha value is -1.10. The van der Waals surface area contributed by atoms with Crippen molar-refractivity contribution in [3.05, 3.63) is 0 Å². The van der Waals surface area contributed by atoms with Gasteiger partial charge in [0.15, 0.2) is 0 Å². The average Bonchev–Trinajstić information content (AvgIpc) is 2.18. The highest BCUT2D eigenvalue weighted by atomic mass is 16.4. The lowest BCUT2D eigenvalue weighted by Crippen LogP contribution is -2.34. The summed E-state index contributed by atoms with van der Waals surface area (Å²) in [5.41, 5.74) is 0. The molecule has 0 bridgehead atoms. The van der Waals surface area contributed by atoms with Gasteiger partial charge in [-0.15, -0.1) is 0 Å². The number of aliphatic carboxylic acids is 1. The average molecular weight is 215 g/mol. The highest BCUT2D eigenvalue weighted by Gasteiger charge is 2.25. The van der Waals surface area contributed by atoms with E-state index < -0.39 is 12.1 Å². The van der Waals surface area contributed by atoms with Gasteiger partial charge in [0.1, 0.15) is 6.54 Å². The molecule has 5 nitrogen and oxygen atoms in total. The Morgan fingerprint density at radius 2 is 1.93 bits per heavy atom. The number of hydrogen-bond acceptors (Lipinski definition) is 3. The second-order valence-electron chi connectivity index (χ2n) is 3.99. The third-order valence-corrected chi connectivity index (χ3v) is 2.75. The molecule has 86 valence electrons. The number of carboxylic acids is 1. The molecule has 0 aromatic carbocycles. The third kappa shape index (κ3) is 4.29. The van der Waals surface area contributed by atoms with Crippen molar-refractivity contribution in [2.75, 3.05) is 6.54 Å². The topological polar surface area (TPSA) is 86.6 Å². The van der Waals surface area contributed by atoms with Crippen molar-refractivity contribution >= 4 is 11.9 Å². The summed E-state index contributed by atoms with van der Waals surface area (Å²) in [6.45, 7) is -0.346. The number of aliphatic hydroxyl groups excluding tert-OH is 1. The second kappa shape index (κ2) is 5.70. The molecular weight excluding hydrogens is 198 g/mol. The van der Waals surface area contributed by atoms with Crippen LogP contribution in [-0.2, 0) is 9.59 Å². The summed E-state index contributed by atoms with van der Waals surface area (Å²) >= 11 is 0. The lowest BCUT2D eigenvalue weighted by atomic mass is 9.84. The van der Waals surface area contributed by atoms with E-state index in [-0.39, 0.29) is 24.8 Å². The molecule has 0 radical (unpaired) electrons. The molecule has 1 saturated carbocycles. The van der Waals surface area contributed by atoms with Crippen LogP contribution in [0, 0.1) is 5.92 Å². The number of carbonyl (C=O) groups is 2. The van der Waals surface area contributed by atoms with Crippen LogP contribution in [-0.4, -0.2) is 34.7 Å². The van der Waals surface area contributed by atoms with Crippen molar-refractivity contribution in [3.63, 3.8) is 0 Å². The van der Waals surface area contributed by atoms with Crippen LogP contribution in [0.25, 0.3) is 0 Å². The number of rotatable bonds is 4. The highest BCUT2D eigenvalue weighted by Crippen LogP contribution is 2.26. The Labute approximate surface area is 88.5 Å². The minimum atomic E-state index is -1.05. The molecule has 0 aromatic heterocycles. The zero-order valence-electron chi connectivity index (χ0n) is 8.61. The van der Waals surface area contributed by atoms with E-state index in [0.29, 0.717) is 0 Å². The van der Waals surface area contributed by atoms with Gasteiger partial charge in [0, 0.05) is 6.42 Å². The molecule has 1 fully saturated rings. The number of nitrogens with one attached hydrogen (secondary N) is 1. The van der Waals surface area contributed by atoms with Crippen molar-refractivity contribution in [2.24, 2.45) is 5.92 Å². The van der Waals surface area contributed by atoms with Crippen molar-refractivity contribution in [3.8, 4) is 0 Å². The Morgan fingerprint density at radius 1 is 1.27 bits per heavy atom. The first kappa shape index (κ1) is 12.0. The maximum atomic E-state index is 11.3. The highest BCUT2D eigenvalue weighted by molar-refractivity contribution is 5.81. The maximum absolute atomic E-state index is 11.3. The first-order chi connectivity index (χ1) is 7.09. The molecule has 1 rings (SSSR count). The summed E-state index contributed by atoms with van der Waals surface area (Å²) < 4.78 is 0. The van der Waals surface area contributed by atoms with Crippen molar-refractivity contribution in [2.45, 2.75) is 38.2 Å². The summed E-state index contributed by atoms with van der Waals surface area (Å²) in [6.07, 6.45) is 3.46. The van der Waals surface area contributed by atoms with E-state index in [1.165, 1.54) is 0 Å². The van der Waals surface area contributed by atoms with Crippen molar-refractivity contribution < 1.29 is 19.8 Å². The molecule has 1 aliphatic rings. The normalized spacial score (nSPS) is 25.9. The molecule has 0 spiro atoms. The fraction of sp³-hybridized carbons (Fsp3) is 0.800. The molecular formula is C10H17NO4. The second-order valence-corrected chi connectivity index (χ2v) is 3.99. The molecule has 0 unspecified atom stereocenters. The fourth-order valence-electron chi connectivity index (χ4n) is 1.91. The SMILES string of the molecule is O=C(O)CNC(=O)C[C@@H]1CCCC[C@H]1O. The summed E-state index contributed by atoms with van der Waals surface area (Å²) in [4.78, 5) is 21.5. The standard InChI is InChI=1S/C10H17NO4/c12-8-4-2-1-3-7(8)5-9(13)11-6-10(14)15/h7-8,12H,1-6H2,(H,11,13)(H,14,15)/t7-,8+/m0/s1. The minimum absolute atomic E-state index is 0.00690. The zero-order chi connectivity index (χ0) is 11.3. The van der Waals surface area contributed by atoms with Gasteiger partial charge in [-0.1, -0.05) is 12.8 Å². The van der Waals surface area contributed by atoms with Gasteiger partial charge < -0.3 is 15.5 Å². The molecule has 2 atom stereocenters. The molecule has 0 aliphatic heterocycles. The predicted octanol–water partition coefficient (Wildman–Crippen LogP) is 0.128. The van der Waals surface area contributed by atoms with E-state index in [0.717, 1.165) is 25.7 Å². The molecule has 3 N–H and O–H groups in total. The Morgan fingerprint density at radius 3 is 2.53 bits per heavy atom. The van der Waals surface area contributed by atoms with Crippen molar-refractivity contribution in [1.29, 1.82) is 0 Å². The van der Waals surface area contributed by atoms with Crippen LogP contribution < -0.4 is 5.32 Å². The van der Waals surface area contributed by atoms with E-state index >= 15 is 0 Å². The number of hydrogen-bond donors (Lipinski definition) is 3. The van der Waals surface area contributed by atoms with Gasteiger partial charge in [-0.05, 0) is 18.8 Å². The monoisotopic (exact) mass is 215 g/mol. The third-order valence-electron chi connectivity index (χ3n) is 2.75. The first-order valence-corrected chi connectivity index (χ1v) is 5.26. The van der Waals surface area contributed by atoms with Crippen molar-refractivity contribution in [1.82, 2.24) is 5.32 Å². The Balaban J connectivity index is 2.26. The molecule has 15 heavy (non-hydrogen) atoms. The van der Waals surface area contributed by atoms with Crippen LogP contribution >= 0.6 is 0 Å². The Bertz CT molecular complexity index is 242. The lowest BCUT2D eigenvalue weighted by Gasteiger charge is -2.26. The van der Waals surface area contributed by atoms with E-state index in [9.17, 15) is 14.7 Å². The maximum Gasteiger partial charge on any atom is 0.322 e. The van der Waals surface area contributed by atoms with Gasteiger partial charge in [-0.25, -0.2) is 0 Å². The lowest BCUT2D eigenvalue weighted by molar-refractivity contribution is -0.138. The predicted molar refractivity (Wildman–Crippen MR) is 53.2 cm³/mol. The number of carboxylic acid groups (broad SMARTS) is 1. The van der Waals surface area contributed by atoms with E-state index in [2.05, 4.69) is 5.32 Å². The van der Waals surface area contributed by atoms with Gasteiger partial charge in [0.2, 0.25) is 5.91 Å². The summed E-state index contributed by atoms with van der Waals surface area (Å²) in [5.74, 6) is -1.34. The number of amides is 1. The minimum Gasteiger partial charge on any atom is -0.480 e. The quantitative estimate of drug-likeness (QED) is 0.622. The largest absolute Gasteiger partial charge is 0.480 e. The van der Waals surface area contributed by atoms with E-state index in [4.69, 9.17) is 5.11 Å². The summed E-state index contributed by atoms with van der Waals surface area (Å²) in [6, 6.07) is 0. The fourth-order valence-corrected chi connectivity index (χ4v) is 1.91. The van der Waals surface area contributed by atoms with Crippen LogP contribution in [0.5, 0.6) is 0 Å². The molecule has 0 saturated heterocycles. The van der Waals surface area contributed by atoms with Gasteiger partial charge in [-0.2, -0.15) is 0 Å². The van der Waals surface area contributed by atoms with Gasteiger partial charge >= 0.3 is 5.97 Å². The van der Waals surface area contributed by atoms with Gasteiger partial charge in [0.25, 0.3) is 0 Å². The summed E-state index contributed by atoms with van der Waals surface area (Å²) in [5, 5.41) is 20.3. The van der Waals surface area contributed by atoms with Crippen LogP contribution in [0.2, 0.25) is 0 Å². The van der Waals surface area contributed by atoms with Crippen LogP contribution in [0.1, 0.15) is 32.1 Å². The molecule has 1 amide bonds. The molecule has 5 heteroatoms. The van der Waals surface area contributed by atoms with Crippen LogP contribution in [0.3, 0.4) is 0 Å². The molecule has 0 heterocycles. The Kier molecular flexibility index (Phi) is 4.55. The number of carbonyl (C=O) groups excluding carboxylic acids is 1. The molecule has 1 aliphatic carbocycles. The van der Waals surface area contributed by atoms with E-state index in [1.54, 1.807) is 0 Å². The van der Waals surface area contributed by atoms with E-state index in [1.807, 2.05) is 0 Å². The van der Waals surface area contributed by atoms with Gasteiger partial charge in [-0.3, -0.25) is 9.59 Å². The number of aliphatic hydroxyl groups is 1. The van der Waals surface area contributed by atoms with Gasteiger partial charge in [0.05, 0.1) is 6.10 Å². The van der Waals surface area contributed by atoms with Crippen LogP contribution in [0.15, 0.2) is 0 Å². The van der Waals surface area contributed by atoms with Crippen LogP contribution in [0.4, 0.5) is 0 Å². The molecule has 0 aromatic rings.